The number of likely N-dealkylation sites (tertiary alicyclic amines) is 1. The van der Waals surface area contributed by atoms with Gasteiger partial charge in [0, 0.05) is 6.54 Å². The molecule has 22 heavy (non-hydrogen) atoms. The molecule has 1 fully saturated rings. The molecule has 3 rings (SSSR count). The molecule has 0 bridgehead atoms. The first-order valence-corrected chi connectivity index (χ1v) is 8.10. The SMILES string of the molecule is c1ccc(CONC(CN2CCCC2)c2ccccc2)cc1. The Hall–Kier alpha value is -1.68. The Kier molecular flexibility index (Phi) is 5.59. The molecule has 2 aromatic carbocycles. The summed E-state index contributed by atoms with van der Waals surface area (Å²) in [5, 5.41) is 0. The van der Waals surface area contributed by atoms with Gasteiger partial charge >= 0.3 is 0 Å². The third kappa shape index (κ3) is 4.41. The standard InChI is InChI=1S/C19H24N2O/c1-3-9-17(10-4-1)16-22-20-19(15-21-13-7-8-14-21)18-11-5-2-6-12-18/h1-6,9-12,19-20H,7-8,13-16H2. The molecule has 1 N–H and O–H groups in total. The molecule has 0 amide bonds. The largest absolute Gasteiger partial charge is 0.301 e. The first-order chi connectivity index (χ1) is 10.9. The van der Waals surface area contributed by atoms with Crippen molar-refractivity contribution in [3.8, 4) is 0 Å². The lowest BCUT2D eigenvalue weighted by molar-refractivity contribution is -0.00392. The van der Waals surface area contributed by atoms with Gasteiger partial charge in [0.2, 0.25) is 0 Å². The number of hydroxylamine groups is 1. The second-order valence-corrected chi connectivity index (χ2v) is 5.86. The summed E-state index contributed by atoms with van der Waals surface area (Å²) in [7, 11) is 0. The highest BCUT2D eigenvalue weighted by Gasteiger charge is 2.18. The second kappa shape index (κ2) is 8.08. The number of hydrogen-bond acceptors (Lipinski definition) is 3. The predicted molar refractivity (Wildman–Crippen MR) is 89.2 cm³/mol. The van der Waals surface area contributed by atoms with Crippen LogP contribution in [0.15, 0.2) is 60.7 Å². The average molecular weight is 296 g/mol. The average Bonchev–Trinajstić information content (AvgIpc) is 3.09. The van der Waals surface area contributed by atoms with Gasteiger partial charge in [-0.15, -0.1) is 0 Å². The zero-order valence-electron chi connectivity index (χ0n) is 12.9. The van der Waals surface area contributed by atoms with Crippen molar-refractivity contribution in [1.82, 2.24) is 10.4 Å². The van der Waals surface area contributed by atoms with Crippen LogP contribution in [0.4, 0.5) is 0 Å². The van der Waals surface area contributed by atoms with Crippen LogP contribution in [0.25, 0.3) is 0 Å². The van der Waals surface area contributed by atoms with E-state index in [1.807, 2.05) is 18.2 Å². The highest BCUT2D eigenvalue weighted by molar-refractivity contribution is 5.19. The zero-order valence-corrected chi connectivity index (χ0v) is 12.9. The topological polar surface area (TPSA) is 24.5 Å². The van der Waals surface area contributed by atoms with E-state index < -0.39 is 0 Å². The lowest BCUT2D eigenvalue weighted by Gasteiger charge is -2.24. The second-order valence-electron chi connectivity index (χ2n) is 5.86. The van der Waals surface area contributed by atoms with Crippen LogP contribution >= 0.6 is 0 Å². The molecule has 1 aliphatic rings. The van der Waals surface area contributed by atoms with E-state index in [2.05, 4.69) is 52.8 Å². The lowest BCUT2D eigenvalue weighted by atomic mass is 10.1. The zero-order chi connectivity index (χ0) is 15.0. The summed E-state index contributed by atoms with van der Waals surface area (Å²) in [6.07, 6.45) is 2.62. The fourth-order valence-electron chi connectivity index (χ4n) is 2.92. The van der Waals surface area contributed by atoms with Crippen molar-refractivity contribution in [3.63, 3.8) is 0 Å². The Bertz CT molecular complexity index is 538. The summed E-state index contributed by atoms with van der Waals surface area (Å²) in [5.41, 5.74) is 5.73. The molecule has 0 saturated carbocycles. The van der Waals surface area contributed by atoms with Gasteiger partial charge in [-0.25, -0.2) is 0 Å². The molecule has 1 saturated heterocycles. The highest BCUT2D eigenvalue weighted by atomic mass is 16.6. The normalized spacial score (nSPS) is 16.7. The predicted octanol–water partition coefficient (Wildman–Crippen LogP) is 3.54. The van der Waals surface area contributed by atoms with Crippen LogP contribution in [0, 0.1) is 0 Å². The number of benzene rings is 2. The molecule has 116 valence electrons. The number of nitrogens with zero attached hydrogens (tertiary/aromatic N) is 1. The first kappa shape index (κ1) is 15.2. The highest BCUT2D eigenvalue weighted by Crippen LogP contribution is 2.18. The van der Waals surface area contributed by atoms with Crippen molar-refractivity contribution in [2.45, 2.75) is 25.5 Å². The van der Waals surface area contributed by atoms with E-state index >= 15 is 0 Å². The van der Waals surface area contributed by atoms with E-state index in [1.165, 1.54) is 37.1 Å². The Labute approximate surface area is 132 Å². The van der Waals surface area contributed by atoms with E-state index in [1.54, 1.807) is 0 Å². The minimum absolute atomic E-state index is 0.211. The van der Waals surface area contributed by atoms with Crippen LogP contribution in [0.1, 0.15) is 30.0 Å². The minimum Gasteiger partial charge on any atom is -0.301 e. The number of hydrogen-bond donors (Lipinski definition) is 1. The third-order valence-electron chi connectivity index (χ3n) is 4.15. The summed E-state index contributed by atoms with van der Waals surface area (Å²) in [4.78, 5) is 8.28. The van der Waals surface area contributed by atoms with Crippen molar-refractivity contribution < 1.29 is 4.84 Å². The summed E-state index contributed by atoms with van der Waals surface area (Å²) < 4.78 is 0. The van der Waals surface area contributed by atoms with Crippen LogP contribution in [0.5, 0.6) is 0 Å². The van der Waals surface area contributed by atoms with E-state index in [4.69, 9.17) is 4.84 Å². The molecule has 0 aliphatic carbocycles. The summed E-state index contributed by atoms with van der Waals surface area (Å²) in [5.74, 6) is 0. The van der Waals surface area contributed by atoms with Gasteiger partial charge in [0.05, 0.1) is 12.6 Å². The van der Waals surface area contributed by atoms with Crippen LogP contribution in [0.2, 0.25) is 0 Å². The molecule has 3 heteroatoms. The van der Waals surface area contributed by atoms with Crippen molar-refractivity contribution in [2.75, 3.05) is 19.6 Å². The van der Waals surface area contributed by atoms with Crippen molar-refractivity contribution >= 4 is 0 Å². The Morgan fingerprint density at radius 1 is 0.909 bits per heavy atom. The molecular formula is C19H24N2O. The molecule has 0 radical (unpaired) electrons. The monoisotopic (exact) mass is 296 g/mol. The molecule has 1 atom stereocenters. The van der Waals surface area contributed by atoms with Gasteiger partial charge in [-0.1, -0.05) is 60.7 Å². The smallest absolute Gasteiger partial charge is 0.0933 e. The molecule has 1 unspecified atom stereocenters. The molecule has 1 aliphatic heterocycles. The molecule has 0 aromatic heterocycles. The maximum Gasteiger partial charge on any atom is 0.0933 e. The van der Waals surface area contributed by atoms with Gasteiger partial charge in [-0.2, -0.15) is 5.48 Å². The summed E-state index contributed by atoms with van der Waals surface area (Å²) in [6, 6.07) is 21.0. The van der Waals surface area contributed by atoms with Gasteiger partial charge in [0.1, 0.15) is 0 Å². The van der Waals surface area contributed by atoms with Crippen LogP contribution in [-0.4, -0.2) is 24.5 Å². The van der Waals surface area contributed by atoms with Crippen LogP contribution in [0.3, 0.4) is 0 Å². The van der Waals surface area contributed by atoms with Crippen LogP contribution < -0.4 is 5.48 Å². The van der Waals surface area contributed by atoms with Crippen molar-refractivity contribution in [2.24, 2.45) is 0 Å². The fraction of sp³-hybridized carbons (Fsp3) is 0.368. The molecule has 2 aromatic rings. The van der Waals surface area contributed by atoms with Crippen molar-refractivity contribution in [1.29, 1.82) is 0 Å². The van der Waals surface area contributed by atoms with E-state index in [0.29, 0.717) is 6.61 Å². The van der Waals surface area contributed by atoms with E-state index in [0.717, 1.165) is 6.54 Å². The molecule has 1 heterocycles. The summed E-state index contributed by atoms with van der Waals surface area (Å²) in [6.45, 7) is 3.98. The maximum atomic E-state index is 5.77. The Morgan fingerprint density at radius 3 is 2.23 bits per heavy atom. The molecule has 3 nitrogen and oxygen atoms in total. The minimum atomic E-state index is 0.211. The van der Waals surface area contributed by atoms with Gasteiger partial charge in [0.15, 0.2) is 0 Å². The Balaban J connectivity index is 1.58. The fourth-order valence-corrected chi connectivity index (χ4v) is 2.92. The number of rotatable bonds is 7. The van der Waals surface area contributed by atoms with Gasteiger partial charge in [-0.05, 0) is 37.1 Å². The first-order valence-electron chi connectivity index (χ1n) is 8.10. The van der Waals surface area contributed by atoms with Crippen molar-refractivity contribution in [3.05, 3.63) is 71.8 Å². The van der Waals surface area contributed by atoms with Gasteiger partial charge < -0.3 is 4.90 Å². The summed E-state index contributed by atoms with van der Waals surface area (Å²) >= 11 is 0. The van der Waals surface area contributed by atoms with E-state index in [-0.39, 0.29) is 6.04 Å². The Morgan fingerprint density at radius 2 is 1.55 bits per heavy atom. The lowest BCUT2D eigenvalue weighted by Crippen LogP contribution is -2.33. The molecular weight excluding hydrogens is 272 g/mol. The van der Waals surface area contributed by atoms with Gasteiger partial charge in [0.25, 0.3) is 0 Å². The number of nitrogens with one attached hydrogen (secondary N) is 1. The quantitative estimate of drug-likeness (QED) is 0.791. The van der Waals surface area contributed by atoms with Gasteiger partial charge in [-0.3, -0.25) is 4.84 Å². The maximum absolute atomic E-state index is 5.77. The van der Waals surface area contributed by atoms with E-state index in [9.17, 15) is 0 Å². The molecule has 0 spiro atoms. The third-order valence-corrected chi connectivity index (χ3v) is 4.15. The van der Waals surface area contributed by atoms with Crippen LogP contribution in [-0.2, 0) is 11.4 Å².